The van der Waals surface area contributed by atoms with Crippen molar-refractivity contribution >= 4 is 22.8 Å². The lowest BCUT2D eigenvalue weighted by Crippen LogP contribution is -2.19. The number of anilines is 1. The number of nitrogens with one attached hydrogen (secondary N) is 2. The molecular formula is C16H20N8O2. The Labute approximate surface area is 149 Å². The van der Waals surface area contributed by atoms with Crippen LogP contribution in [-0.2, 0) is 13.6 Å². The Hall–Kier alpha value is -3.04. The second-order valence-electron chi connectivity index (χ2n) is 6.36. The maximum atomic E-state index is 11.5. The van der Waals surface area contributed by atoms with E-state index < -0.39 is 0 Å². The van der Waals surface area contributed by atoms with Crippen LogP contribution in [0, 0.1) is 0 Å². The Morgan fingerprint density at radius 2 is 2.12 bits per heavy atom. The second-order valence-corrected chi connectivity index (χ2v) is 6.36. The minimum absolute atomic E-state index is 0.00477. The number of carbonyl (C=O) groups is 1. The molecule has 1 aliphatic rings. The average Bonchev–Trinajstić information content (AvgIpc) is 3.40. The molecule has 0 unspecified atom stereocenters. The van der Waals surface area contributed by atoms with E-state index in [0.29, 0.717) is 17.6 Å². The molecule has 1 aliphatic carbocycles. The fraction of sp³-hybridized carbons (Fsp3) is 0.500. The number of hydrogen-bond donors (Lipinski definition) is 2. The molecule has 2 N–H and O–H groups in total. The van der Waals surface area contributed by atoms with Gasteiger partial charge in [0.05, 0.1) is 18.1 Å². The first-order valence-electron chi connectivity index (χ1n) is 8.64. The van der Waals surface area contributed by atoms with Gasteiger partial charge in [0.15, 0.2) is 5.65 Å². The van der Waals surface area contributed by atoms with E-state index in [1.807, 2.05) is 7.05 Å². The minimum atomic E-state index is -0.389. The largest absolute Gasteiger partial charge is 0.360 e. The Morgan fingerprint density at radius 1 is 1.31 bits per heavy atom. The lowest BCUT2D eigenvalue weighted by Gasteiger charge is -2.11. The molecule has 1 saturated carbocycles. The van der Waals surface area contributed by atoms with E-state index in [2.05, 4.69) is 25.9 Å². The summed E-state index contributed by atoms with van der Waals surface area (Å²) in [5, 5.41) is 14.5. The quantitative estimate of drug-likeness (QED) is 0.702. The van der Waals surface area contributed by atoms with Gasteiger partial charge >= 0.3 is 0 Å². The third-order valence-corrected chi connectivity index (χ3v) is 4.64. The second kappa shape index (κ2) is 6.70. The summed E-state index contributed by atoms with van der Waals surface area (Å²) in [6.45, 7) is 0.259. The van der Waals surface area contributed by atoms with Gasteiger partial charge in [0.1, 0.15) is 11.6 Å². The predicted molar refractivity (Wildman–Crippen MR) is 92.5 cm³/mol. The van der Waals surface area contributed by atoms with Crippen LogP contribution in [0.15, 0.2) is 10.7 Å². The molecule has 3 aromatic rings. The van der Waals surface area contributed by atoms with Crippen LogP contribution in [0.1, 0.15) is 53.9 Å². The van der Waals surface area contributed by atoms with Crippen LogP contribution in [-0.4, -0.2) is 42.8 Å². The summed E-state index contributed by atoms with van der Waals surface area (Å²) in [5.74, 6) is 1.84. The van der Waals surface area contributed by atoms with Gasteiger partial charge in [0.25, 0.3) is 11.7 Å². The predicted octanol–water partition coefficient (Wildman–Crippen LogP) is 1.38. The van der Waals surface area contributed by atoms with Gasteiger partial charge in [0, 0.05) is 20.0 Å². The van der Waals surface area contributed by atoms with Crippen LogP contribution in [0.4, 0.5) is 5.82 Å². The number of fused-ring (bicyclic) bond motifs is 1. The highest BCUT2D eigenvalue weighted by Gasteiger charge is 2.22. The number of aryl methyl sites for hydroxylation is 1. The third-order valence-electron chi connectivity index (χ3n) is 4.64. The molecule has 26 heavy (non-hydrogen) atoms. The third kappa shape index (κ3) is 2.98. The molecule has 1 amide bonds. The van der Waals surface area contributed by atoms with Gasteiger partial charge in [-0.2, -0.15) is 10.1 Å². The molecule has 136 valence electrons. The SMILES string of the molecule is CNC(=O)c1noc(CNc2nc(C3CCCC3)nc3c2cnn3C)n1. The smallest absolute Gasteiger partial charge is 0.292 e. The summed E-state index contributed by atoms with van der Waals surface area (Å²) < 4.78 is 6.86. The van der Waals surface area contributed by atoms with Crippen molar-refractivity contribution in [3.8, 4) is 0 Å². The average molecular weight is 356 g/mol. The molecule has 4 rings (SSSR count). The molecule has 0 radical (unpaired) electrons. The normalized spacial score (nSPS) is 14.8. The van der Waals surface area contributed by atoms with Crippen LogP contribution >= 0.6 is 0 Å². The molecule has 3 aromatic heterocycles. The van der Waals surface area contributed by atoms with E-state index in [4.69, 9.17) is 14.5 Å². The van der Waals surface area contributed by atoms with E-state index >= 15 is 0 Å². The van der Waals surface area contributed by atoms with E-state index in [1.54, 1.807) is 10.9 Å². The molecule has 3 heterocycles. The van der Waals surface area contributed by atoms with Crippen molar-refractivity contribution in [3.05, 3.63) is 23.7 Å². The summed E-state index contributed by atoms with van der Waals surface area (Å²) in [4.78, 5) is 25.0. The molecular weight excluding hydrogens is 336 g/mol. The highest BCUT2D eigenvalue weighted by Crippen LogP contribution is 2.34. The van der Waals surface area contributed by atoms with Crippen LogP contribution in [0.5, 0.6) is 0 Å². The Bertz CT molecular complexity index is 941. The van der Waals surface area contributed by atoms with Crippen molar-refractivity contribution in [3.63, 3.8) is 0 Å². The van der Waals surface area contributed by atoms with Gasteiger partial charge in [0.2, 0.25) is 5.89 Å². The number of aromatic nitrogens is 6. The van der Waals surface area contributed by atoms with Crippen LogP contribution in [0.2, 0.25) is 0 Å². The zero-order chi connectivity index (χ0) is 18.1. The Kier molecular flexibility index (Phi) is 4.23. The molecule has 1 fully saturated rings. The molecule has 0 spiro atoms. The van der Waals surface area contributed by atoms with Gasteiger partial charge in [-0.25, -0.2) is 9.97 Å². The molecule has 0 aromatic carbocycles. The van der Waals surface area contributed by atoms with Gasteiger partial charge in [-0.1, -0.05) is 18.0 Å². The monoisotopic (exact) mass is 356 g/mol. The number of nitrogens with zero attached hydrogens (tertiary/aromatic N) is 6. The zero-order valence-corrected chi connectivity index (χ0v) is 14.7. The maximum absolute atomic E-state index is 11.5. The van der Waals surface area contributed by atoms with Gasteiger partial charge < -0.3 is 15.2 Å². The highest BCUT2D eigenvalue weighted by molar-refractivity contribution is 5.90. The van der Waals surface area contributed by atoms with Crippen molar-refractivity contribution in [1.82, 2.24) is 35.2 Å². The van der Waals surface area contributed by atoms with E-state index in [1.165, 1.54) is 19.9 Å². The van der Waals surface area contributed by atoms with Gasteiger partial charge in [-0.05, 0) is 12.8 Å². The fourth-order valence-corrected chi connectivity index (χ4v) is 3.23. The van der Waals surface area contributed by atoms with Gasteiger partial charge in [-0.3, -0.25) is 9.48 Å². The molecule has 0 atom stereocenters. The molecule has 10 heteroatoms. The van der Waals surface area contributed by atoms with Crippen LogP contribution < -0.4 is 10.6 Å². The topological polar surface area (TPSA) is 124 Å². The molecule has 0 bridgehead atoms. The van der Waals surface area contributed by atoms with E-state index in [0.717, 1.165) is 29.7 Å². The molecule has 0 aliphatic heterocycles. The summed E-state index contributed by atoms with van der Waals surface area (Å²) in [6.07, 6.45) is 6.39. The standard InChI is InChI=1S/C16H20N8O2/c1-17-16(25)14-20-11(26-23-14)8-18-13-10-7-19-24(2)15(10)22-12(21-13)9-5-3-4-6-9/h7,9H,3-6,8H2,1-2H3,(H,17,25)(H,18,21,22). The number of hydrogen-bond acceptors (Lipinski definition) is 8. The molecule has 10 nitrogen and oxygen atoms in total. The Morgan fingerprint density at radius 3 is 2.88 bits per heavy atom. The highest BCUT2D eigenvalue weighted by atomic mass is 16.5. The fourth-order valence-electron chi connectivity index (χ4n) is 3.23. The van der Waals surface area contributed by atoms with E-state index in [-0.39, 0.29) is 18.3 Å². The summed E-state index contributed by atoms with van der Waals surface area (Å²) >= 11 is 0. The van der Waals surface area contributed by atoms with Crippen molar-refractivity contribution in [2.45, 2.75) is 38.1 Å². The summed E-state index contributed by atoms with van der Waals surface area (Å²) in [6, 6.07) is 0. The number of carbonyl (C=O) groups excluding carboxylic acids is 1. The van der Waals surface area contributed by atoms with Gasteiger partial charge in [-0.15, -0.1) is 0 Å². The van der Waals surface area contributed by atoms with Crippen LogP contribution in [0.3, 0.4) is 0 Å². The van der Waals surface area contributed by atoms with Crippen LogP contribution in [0.25, 0.3) is 11.0 Å². The summed E-state index contributed by atoms with van der Waals surface area (Å²) in [5.41, 5.74) is 0.793. The lowest BCUT2D eigenvalue weighted by atomic mass is 10.1. The molecule has 0 saturated heterocycles. The van der Waals surface area contributed by atoms with E-state index in [9.17, 15) is 4.79 Å². The maximum Gasteiger partial charge on any atom is 0.292 e. The first-order chi connectivity index (χ1) is 12.7. The Balaban J connectivity index is 1.60. The minimum Gasteiger partial charge on any atom is -0.360 e. The summed E-state index contributed by atoms with van der Waals surface area (Å²) in [7, 11) is 3.38. The van der Waals surface area contributed by atoms with Crippen molar-refractivity contribution < 1.29 is 9.32 Å². The van der Waals surface area contributed by atoms with Crippen molar-refractivity contribution in [2.75, 3.05) is 12.4 Å². The van der Waals surface area contributed by atoms with Crippen molar-refractivity contribution in [2.24, 2.45) is 7.05 Å². The zero-order valence-electron chi connectivity index (χ0n) is 14.7. The number of amides is 1. The first-order valence-corrected chi connectivity index (χ1v) is 8.64. The first kappa shape index (κ1) is 16.4. The number of rotatable bonds is 5. The van der Waals surface area contributed by atoms with Crippen molar-refractivity contribution in [1.29, 1.82) is 0 Å². The lowest BCUT2D eigenvalue weighted by molar-refractivity contribution is 0.0950.